The minimum Gasteiger partial charge on any atom is -0.496 e. The summed E-state index contributed by atoms with van der Waals surface area (Å²) in [5.41, 5.74) is 3.61. The van der Waals surface area contributed by atoms with E-state index in [4.69, 9.17) is 44.3 Å². The molecule has 1 aromatic heterocycles. The number of nitrogens with zero attached hydrogens (tertiary/aromatic N) is 1. The Morgan fingerprint density at radius 2 is 1.42 bits per heavy atom. The lowest BCUT2D eigenvalue weighted by molar-refractivity contribution is 0.405. The third-order valence-electron chi connectivity index (χ3n) is 4.04. The second-order valence-electron chi connectivity index (χ2n) is 6.12. The minimum atomic E-state index is -0.750. The number of methoxy groups -OCH3 is 1. The van der Waals surface area contributed by atoms with Crippen molar-refractivity contribution in [1.29, 1.82) is 0 Å². The Balaban J connectivity index is 0. The van der Waals surface area contributed by atoms with Crippen molar-refractivity contribution in [2.75, 3.05) is 7.11 Å². The van der Waals surface area contributed by atoms with E-state index < -0.39 is 4.30 Å². The van der Waals surface area contributed by atoms with Gasteiger partial charge in [-0.15, -0.1) is 47.3 Å². The van der Waals surface area contributed by atoms with Gasteiger partial charge in [-0.05, 0) is 67.8 Å². The molecule has 3 rings (SSSR count). The number of hydrogen-bond donors (Lipinski definition) is 2. The zero-order chi connectivity index (χ0) is 28.4. The van der Waals surface area contributed by atoms with Crippen molar-refractivity contribution in [1.82, 2.24) is 15.2 Å². The van der Waals surface area contributed by atoms with Gasteiger partial charge in [0.2, 0.25) is 0 Å². The van der Waals surface area contributed by atoms with Crippen molar-refractivity contribution < 1.29 is 9.47 Å². The SMILES string of the molecule is BrB(Br)Br.CC.CC.COc1c(C)cc(Oc2ccc(-c3n[nH]c(=O)[nH]3)cc2)c(C)c1C.ClC(Cl)Cl. The van der Waals surface area contributed by atoms with Gasteiger partial charge in [0.05, 0.1) is 7.11 Å². The average Bonchev–Trinajstić information content (AvgIpc) is 3.26. The number of hydrogen-bond acceptors (Lipinski definition) is 4. The summed E-state index contributed by atoms with van der Waals surface area (Å²) in [6.45, 7) is 14.0. The van der Waals surface area contributed by atoms with E-state index in [0.717, 1.165) is 33.8 Å². The average molecular weight is 755 g/mol. The highest BCUT2D eigenvalue weighted by Crippen LogP contribution is 2.35. The van der Waals surface area contributed by atoms with E-state index in [2.05, 4.69) is 62.5 Å². The first kappa shape index (κ1) is 37.5. The van der Waals surface area contributed by atoms with Crippen molar-refractivity contribution in [3.63, 3.8) is 0 Å². The van der Waals surface area contributed by atoms with Crippen LogP contribution < -0.4 is 15.2 Å². The van der Waals surface area contributed by atoms with Crippen LogP contribution in [0, 0.1) is 20.8 Å². The zero-order valence-electron chi connectivity index (χ0n) is 21.5. The molecule has 0 aliphatic carbocycles. The largest absolute Gasteiger partial charge is 0.496 e. The Kier molecular flexibility index (Phi) is 22.2. The number of H-pyrrole nitrogens is 2. The molecule has 0 aliphatic heterocycles. The molecule has 0 aliphatic rings. The third-order valence-corrected chi connectivity index (χ3v) is 4.04. The van der Waals surface area contributed by atoms with Crippen LogP contribution in [0.4, 0.5) is 0 Å². The molecule has 2 N–H and O–H groups in total. The van der Waals surface area contributed by atoms with E-state index in [0.29, 0.717) is 11.6 Å². The van der Waals surface area contributed by atoms with Crippen LogP contribution in [0.15, 0.2) is 35.1 Å². The molecule has 0 atom stereocenters. The van der Waals surface area contributed by atoms with Gasteiger partial charge < -0.3 is 9.47 Å². The van der Waals surface area contributed by atoms with Crippen molar-refractivity contribution in [2.24, 2.45) is 0 Å². The molecule has 13 heteroatoms. The molecule has 0 amide bonds. The first-order chi connectivity index (χ1) is 17.0. The lowest BCUT2D eigenvalue weighted by Gasteiger charge is -2.16. The number of benzene rings is 2. The van der Waals surface area contributed by atoms with Crippen molar-refractivity contribution >= 4 is 85.3 Å². The maximum Gasteiger partial charge on any atom is 0.369 e. The van der Waals surface area contributed by atoms with Gasteiger partial charge in [-0.1, -0.05) is 62.5 Å². The molecular formula is C23H32BBr3Cl3N3O3. The number of aromatic amines is 2. The highest BCUT2D eigenvalue weighted by molar-refractivity contribution is 9.69. The fraction of sp³-hybridized carbons (Fsp3) is 0.391. The predicted octanol–water partition coefficient (Wildman–Crippen LogP) is 9.69. The molecule has 1 heterocycles. The summed E-state index contributed by atoms with van der Waals surface area (Å²) in [6, 6.07) is 9.35. The highest BCUT2D eigenvalue weighted by atomic mass is 79.9. The summed E-state index contributed by atoms with van der Waals surface area (Å²) in [6.07, 6.45) is 0. The van der Waals surface area contributed by atoms with Gasteiger partial charge in [0.1, 0.15) is 17.2 Å². The van der Waals surface area contributed by atoms with E-state index in [9.17, 15) is 4.79 Å². The molecule has 36 heavy (non-hydrogen) atoms. The Morgan fingerprint density at radius 3 is 1.81 bits per heavy atom. The van der Waals surface area contributed by atoms with Crippen LogP contribution in [-0.2, 0) is 0 Å². The van der Waals surface area contributed by atoms with Crippen LogP contribution in [0.25, 0.3) is 11.4 Å². The summed E-state index contributed by atoms with van der Waals surface area (Å²) >= 11 is 23.7. The van der Waals surface area contributed by atoms with Crippen LogP contribution in [0.2, 0.25) is 0 Å². The quantitative estimate of drug-likeness (QED) is 0.205. The number of alkyl halides is 3. The Morgan fingerprint density at radius 1 is 0.944 bits per heavy atom. The normalized spacial score (nSPS) is 9.19. The van der Waals surface area contributed by atoms with E-state index in [-0.39, 0.29) is 8.87 Å². The first-order valence-corrected chi connectivity index (χ1v) is 14.9. The van der Waals surface area contributed by atoms with E-state index in [1.54, 1.807) is 7.11 Å². The lowest BCUT2D eigenvalue weighted by atomic mass is 10.0. The number of halogens is 6. The number of nitrogens with one attached hydrogen (secondary N) is 2. The smallest absolute Gasteiger partial charge is 0.369 e. The van der Waals surface area contributed by atoms with Gasteiger partial charge in [0, 0.05) is 5.56 Å². The van der Waals surface area contributed by atoms with E-state index in [1.165, 1.54) is 0 Å². The van der Waals surface area contributed by atoms with E-state index >= 15 is 0 Å². The molecule has 0 radical (unpaired) electrons. The molecular weight excluding hydrogens is 723 g/mol. The molecule has 0 saturated heterocycles. The number of aryl methyl sites for hydroxylation is 1. The fourth-order valence-corrected chi connectivity index (χ4v) is 2.66. The maximum absolute atomic E-state index is 11.1. The van der Waals surface area contributed by atoms with Gasteiger partial charge in [0.15, 0.2) is 10.1 Å². The standard InChI is InChI=1S/C18H19N3O3.2C2H6.CHCl3.BBr3/c1-10-9-15(11(2)12(3)16(10)23-4)24-14-7-5-13(6-8-14)17-19-18(22)21-20-17;2*1-2;2*2-1(3)4/h5-9H,1-4H3,(H2,19,20,21,22);2*1-2H3;1H;. The van der Waals surface area contributed by atoms with Crippen molar-refractivity contribution in [3.8, 4) is 28.6 Å². The molecule has 0 unspecified atom stereocenters. The molecule has 202 valence electrons. The monoisotopic (exact) mass is 751 g/mol. The molecule has 2 aromatic carbocycles. The summed E-state index contributed by atoms with van der Waals surface area (Å²) < 4.78 is 11.0. The van der Waals surface area contributed by atoms with Gasteiger partial charge >= 0.3 is 8.87 Å². The van der Waals surface area contributed by atoms with Crippen LogP contribution >= 0.6 is 82.1 Å². The number of ether oxygens (including phenoxy) is 2. The van der Waals surface area contributed by atoms with Gasteiger partial charge in [-0.2, -0.15) is 5.10 Å². The van der Waals surface area contributed by atoms with Crippen LogP contribution in [0.1, 0.15) is 44.4 Å². The van der Waals surface area contributed by atoms with Crippen LogP contribution in [0.5, 0.6) is 17.2 Å². The Labute approximate surface area is 254 Å². The van der Waals surface area contributed by atoms with Crippen molar-refractivity contribution in [3.05, 3.63) is 57.5 Å². The summed E-state index contributed by atoms with van der Waals surface area (Å²) in [4.78, 5) is 13.7. The lowest BCUT2D eigenvalue weighted by Crippen LogP contribution is -2.00. The maximum atomic E-state index is 11.1. The summed E-state index contributed by atoms with van der Waals surface area (Å²) in [5.74, 6) is 2.90. The van der Waals surface area contributed by atoms with Gasteiger partial charge in [-0.3, -0.25) is 4.98 Å². The highest BCUT2D eigenvalue weighted by Gasteiger charge is 2.12. The fourth-order valence-electron chi connectivity index (χ4n) is 2.66. The number of rotatable bonds is 4. The Hall–Kier alpha value is -0.645. The molecule has 0 fully saturated rings. The van der Waals surface area contributed by atoms with Crippen LogP contribution in [0.3, 0.4) is 0 Å². The molecule has 0 saturated carbocycles. The minimum absolute atomic E-state index is 0.271. The number of aromatic nitrogens is 3. The zero-order valence-corrected chi connectivity index (χ0v) is 28.5. The molecule has 0 spiro atoms. The van der Waals surface area contributed by atoms with Crippen molar-refractivity contribution in [2.45, 2.75) is 52.8 Å². The molecule has 3 aromatic rings. The molecule has 6 nitrogen and oxygen atoms in total. The molecule has 0 bridgehead atoms. The summed E-state index contributed by atoms with van der Waals surface area (Å²) in [7, 11) is 1.67. The second-order valence-corrected chi connectivity index (χ2v) is 14.5. The second kappa shape index (κ2) is 21.3. The first-order valence-electron chi connectivity index (χ1n) is 10.9. The Bertz CT molecular complexity index is 1040. The van der Waals surface area contributed by atoms with Crippen LogP contribution in [-0.4, -0.2) is 29.8 Å². The van der Waals surface area contributed by atoms with E-state index in [1.807, 2.05) is 78.8 Å². The third kappa shape index (κ3) is 14.9. The predicted molar refractivity (Wildman–Crippen MR) is 169 cm³/mol. The van der Waals surface area contributed by atoms with Gasteiger partial charge in [-0.25, -0.2) is 9.89 Å². The summed E-state index contributed by atoms with van der Waals surface area (Å²) in [5, 5.41) is 6.26. The topological polar surface area (TPSA) is 80.0 Å². The van der Waals surface area contributed by atoms with Gasteiger partial charge in [0.25, 0.3) is 0 Å².